The maximum atomic E-state index is 11.0. The maximum absolute atomic E-state index is 11.0. The van der Waals surface area contributed by atoms with Gasteiger partial charge in [-0.3, -0.25) is 18.3 Å². The zero-order valence-electron chi connectivity index (χ0n) is 18.3. The normalized spacial score (nSPS) is 20.6. The van der Waals surface area contributed by atoms with Crippen LogP contribution in [0.1, 0.15) is 25.7 Å². The van der Waals surface area contributed by atoms with Crippen LogP contribution in [0.4, 0.5) is 5.69 Å². The number of para-hydroxylation sites is 2. The first kappa shape index (κ1) is 21.4. The van der Waals surface area contributed by atoms with E-state index in [4.69, 9.17) is 9.47 Å². The lowest BCUT2D eigenvalue weighted by molar-refractivity contribution is 0.0572. The summed E-state index contributed by atoms with van der Waals surface area (Å²) in [7, 11) is -1.31. The fourth-order valence-electron chi connectivity index (χ4n) is 4.84. The van der Waals surface area contributed by atoms with Gasteiger partial charge < -0.3 is 9.47 Å². The van der Waals surface area contributed by atoms with Crippen LogP contribution in [0.5, 0.6) is 11.5 Å². The summed E-state index contributed by atoms with van der Waals surface area (Å²) in [5, 5.41) is 2.02. The van der Waals surface area contributed by atoms with Crippen LogP contribution in [-0.2, 0) is 0 Å². The molecule has 5 rings (SSSR count). The highest BCUT2D eigenvalue weighted by Crippen LogP contribution is 2.63. The van der Waals surface area contributed by atoms with Crippen LogP contribution >= 0.6 is 10.8 Å². The molecule has 170 valence electrons. The SMILES string of the molecule is COc1ccccc1OC1CCCN1CCCCN1c2cccc3cccc(c23)S1(O)O. The lowest BCUT2D eigenvalue weighted by Gasteiger charge is -2.39. The van der Waals surface area contributed by atoms with Crippen LogP contribution in [0, 0.1) is 0 Å². The number of hydrogen-bond donors (Lipinski definition) is 2. The van der Waals surface area contributed by atoms with Crippen LogP contribution in [0.2, 0.25) is 0 Å². The van der Waals surface area contributed by atoms with Gasteiger partial charge in [0.15, 0.2) is 17.7 Å². The van der Waals surface area contributed by atoms with Gasteiger partial charge in [-0.1, -0.05) is 47.2 Å². The second-order valence-electron chi connectivity index (χ2n) is 8.36. The van der Waals surface area contributed by atoms with E-state index in [0.717, 1.165) is 66.7 Å². The lowest BCUT2D eigenvalue weighted by atomic mass is 10.1. The van der Waals surface area contributed by atoms with Gasteiger partial charge in [-0.05, 0) is 55.3 Å². The zero-order valence-corrected chi connectivity index (χ0v) is 19.1. The molecule has 0 bridgehead atoms. The summed E-state index contributed by atoms with van der Waals surface area (Å²) >= 11 is 0. The lowest BCUT2D eigenvalue weighted by Crippen LogP contribution is -2.35. The van der Waals surface area contributed by atoms with Gasteiger partial charge in [0.25, 0.3) is 0 Å². The van der Waals surface area contributed by atoms with Crippen LogP contribution < -0.4 is 13.8 Å². The number of rotatable bonds is 8. The molecule has 2 N–H and O–H groups in total. The van der Waals surface area contributed by atoms with Crippen LogP contribution in [0.3, 0.4) is 0 Å². The molecule has 7 heteroatoms. The molecule has 2 aliphatic heterocycles. The highest BCUT2D eigenvalue weighted by atomic mass is 32.3. The Morgan fingerprint density at radius 1 is 0.938 bits per heavy atom. The quantitative estimate of drug-likeness (QED) is 0.409. The van der Waals surface area contributed by atoms with Crippen molar-refractivity contribution in [1.82, 2.24) is 4.90 Å². The van der Waals surface area contributed by atoms with E-state index in [-0.39, 0.29) is 6.23 Å². The largest absolute Gasteiger partial charge is 0.493 e. The summed E-state index contributed by atoms with van der Waals surface area (Å²) in [6, 6.07) is 19.5. The molecule has 3 aromatic rings. The predicted molar refractivity (Wildman–Crippen MR) is 130 cm³/mol. The van der Waals surface area contributed by atoms with Crippen molar-refractivity contribution >= 4 is 27.2 Å². The Hall–Kier alpha value is -2.45. The van der Waals surface area contributed by atoms with E-state index in [1.165, 1.54) is 0 Å². The monoisotopic (exact) mass is 454 g/mol. The fourth-order valence-corrected chi connectivity index (χ4v) is 6.65. The summed E-state index contributed by atoms with van der Waals surface area (Å²) in [4.78, 5) is 3.03. The highest BCUT2D eigenvalue weighted by Gasteiger charge is 2.35. The van der Waals surface area contributed by atoms with Gasteiger partial charge in [0.1, 0.15) is 0 Å². The Labute approximate surface area is 190 Å². The predicted octanol–water partition coefficient (Wildman–Crippen LogP) is 5.97. The molecule has 0 spiro atoms. The summed E-state index contributed by atoms with van der Waals surface area (Å²) < 4.78 is 35.5. The second-order valence-corrected chi connectivity index (χ2v) is 10.3. The molecular weight excluding hydrogens is 424 g/mol. The number of anilines is 1. The van der Waals surface area contributed by atoms with Gasteiger partial charge in [0.05, 0.1) is 17.7 Å². The van der Waals surface area contributed by atoms with Crippen LogP contribution in [0.25, 0.3) is 10.8 Å². The minimum absolute atomic E-state index is 0.0523. The summed E-state index contributed by atoms with van der Waals surface area (Å²) in [6.07, 6.45) is 4.00. The van der Waals surface area contributed by atoms with Gasteiger partial charge in [-0.15, -0.1) is 0 Å². The third-order valence-electron chi connectivity index (χ3n) is 6.41. The third-order valence-corrected chi connectivity index (χ3v) is 8.33. The molecule has 3 aromatic carbocycles. The molecule has 2 heterocycles. The van der Waals surface area contributed by atoms with Crippen molar-refractivity contribution in [3.8, 4) is 11.5 Å². The standard InChI is InChI=1S/C25H30N2O4S/c1-30-21-12-2-3-13-22(21)31-24-15-8-17-26(24)16-4-5-18-27-20-11-6-9-19-10-7-14-23(25(19)20)32(27,28)29/h2-3,6-7,9-14,24,28-29H,4-5,8,15-18H2,1H3. The van der Waals surface area contributed by atoms with Crippen molar-refractivity contribution < 1.29 is 18.6 Å². The van der Waals surface area contributed by atoms with Crippen LogP contribution in [0.15, 0.2) is 65.6 Å². The molecule has 32 heavy (non-hydrogen) atoms. The Morgan fingerprint density at radius 2 is 1.69 bits per heavy atom. The van der Waals surface area contributed by atoms with Crippen LogP contribution in [-0.4, -0.2) is 47.0 Å². The van der Waals surface area contributed by atoms with E-state index in [9.17, 15) is 9.11 Å². The molecule has 1 fully saturated rings. The van der Waals surface area contributed by atoms with Gasteiger partial charge in [0, 0.05) is 25.0 Å². The van der Waals surface area contributed by atoms with E-state index < -0.39 is 10.8 Å². The fraction of sp³-hybridized carbons (Fsp3) is 0.360. The topological polar surface area (TPSA) is 65.4 Å². The average molecular weight is 455 g/mol. The molecule has 0 aliphatic carbocycles. The van der Waals surface area contributed by atoms with Gasteiger partial charge in [-0.25, -0.2) is 0 Å². The molecule has 2 aliphatic rings. The maximum Gasteiger partial charge on any atom is 0.163 e. The zero-order chi connectivity index (χ0) is 22.1. The number of nitrogens with zero attached hydrogens (tertiary/aromatic N) is 2. The summed E-state index contributed by atoms with van der Waals surface area (Å²) in [5.74, 6) is 1.54. The van der Waals surface area contributed by atoms with Crippen molar-refractivity contribution in [2.75, 3.05) is 31.0 Å². The average Bonchev–Trinajstić information content (AvgIpc) is 3.33. The number of ether oxygens (including phenoxy) is 2. The van der Waals surface area contributed by atoms with Crippen molar-refractivity contribution in [2.45, 2.75) is 36.8 Å². The van der Waals surface area contributed by atoms with Crippen molar-refractivity contribution in [2.24, 2.45) is 0 Å². The van der Waals surface area contributed by atoms with Crippen molar-refractivity contribution in [3.05, 3.63) is 60.7 Å². The number of unbranched alkanes of at least 4 members (excludes halogenated alkanes) is 1. The first-order valence-corrected chi connectivity index (χ1v) is 12.7. The molecule has 1 unspecified atom stereocenters. The minimum atomic E-state index is -2.98. The molecule has 6 nitrogen and oxygen atoms in total. The third kappa shape index (κ3) is 3.79. The molecule has 0 aromatic heterocycles. The Kier molecular flexibility index (Phi) is 5.90. The summed E-state index contributed by atoms with van der Waals surface area (Å²) in [6.45, 7) is 2.55. The smallest absolute Gasteiger partial charge is 0.163 e. The molecular formula is C25H30N2O4S. The summed E-state index contributed by atoms with van der Waals surface area (Å²) in [5.41, 5.74) is 0.927. The van der Waals surface area contributed by atoms with E-state index in [2.05, 4.69) is 4.90 Å². The van der Waals surface area contributed by atoms with Gasteiger partial charge in [-0.2, -0.15) is 0 Å². The van der Waals surface area contributed by atoms with Gasteiger partial charge in [0.2, 0.25) is 0 Å². The Morgan fingerprint density at radius 3 is 2.50 bits per heavy atom. The first-order valence-electron chi connectivity index (χ1n) is 11.2. The van der Waals surface area contributed by atoms with E-state index in [1.807, 2.05) is 60.7 Å². The number of likely N-dealkylation sites (tertiary alicyclic amines) is 1. The number of benzene rings is 3. The number of hydrogen-bond acceptors (Lipinski definition) is 6. The highest BCUT2D eigenvalue weighted by molar-refractivity contribution is 8.26. The Balaban J connectivity index is 1.20. The van der Waals surface area contributed by atoms with E-state index in [0.29, 0.717) is 11.4 Å². The van der Waals surface area contributed by atoms with Gasteiger partial charge >= 0.3 is 0 Å². The van der Waals surface area contributed by atoms with Crippen molar-refractivity contribution in [1.29, 1.82) is 0 Å². The first-order chi connectivity index (χ1) is 15.6. The molecule has 1 saturated heterocycles. The second kappa shape index (κ2) is 8.83. The van der Waals surface area contributed by atoms with Crippen molar-refractivity contribution in [3.63, 3.8) is 0 Å². The molecule has 0 radical (unpaired) electrons. The molecule has 1 atom stereocenters. The van der Waals surface area contributed by atoms with E-state index in [1.54, 1.807) is 11.4 Å². The minimum Gasteiger partial charge on any atom is -0.493 e. The van der Waals surface area contributed by atoms with E-state index >= 15 is 0 Å². The Bertz CT molecular complexity index is 1100. The number of methoxy groups -OCH3 is 1. The molecule has 0 saturated carbocycles. The molecule has 0 amide bonds.